The number of nitrogens with one attached hydrogen (secondary N) is 3. The minimum Gasteiger partial charge on any atom is -0.367 e. The van der Waals surface area contributed by atoms with Gasteiger partial charge in [-0.2, -0.15) is 5.10 Å². The molecule has 2 atom stereocenters. The fourth-order valence-corrected chi connectivity index (χ4v) is 2.46. The molecule has 0 bridgehead atoms. The minimum absolute atomic E-state index is 0. The lowest BCUT2D eigenvalue weighted by Crippen LogP contribution is -2.39. The van der Waals surface area contributed by atoms with Crippen LogP contribution in [0.5, 0.6) is 0 Å². The number of aryl methyl sites for hydroxylation is 1. The highest BCUT2D eigenvalue weighted by atomic mass is 127. The molecule has 8 nitrogen and oxygen atoms in total. The van der Waals surface area contributed by atoms with Gasteiger partial charge in [0, 0.05) is 26.2 Å². The van der Waals surface area contributed by atoms with Crippen molar-refractivity contribution >= 4 is 46.8 Å². The number of aromatic nitrogens is 4. The number of rotatable bonds is 6. The van der Waals surface area contributed by atoms with E-state index in [4.69, 9.17) is 0 Å². The molecule has 0 amide bonds. The molecule has 3 N–H and O–H groups in total. The van der Waals surface area contributed by atoms with Crippen molar-refractivity contribution in [2.75, 3.05) is 25.0 Å². The summed E-state index contributed by atoms with van der Waals surface area (Å²) in [5.74, 6) is 2.43. The Morgan fingerprint density at radius 2 is 2.21 bits per heavy atom. The molecule has 2 unspecified atom stereocenters. The Kier molecular flexibility index (Phi) is 6.58. The van der Waals surface area contributed by atoms with Gasteiger partial charge in [0.1, 0.15) is 12.1 Å². The van der Waals surface area contributed by atoms with Crippen LogP contribution < -0.4 is 16.0 Å². The van der Waals surface area contributed by atoms with E-state index >= 15 is 0 Å². The van der Waals surface area contributed by atoms with Crippen LogP contribution in [0, 0.1) is 5.92 Å². The Bertz CT molecular complexity index is 698. The van der Waals surface area contributed by atoms with Gasteiger partial charge in [0.15, 0.2) is 11.6 Å². The third-order valence-electron chi connectivity index (χ3n) is 3.98. The van der Waals surface area contributed by atoms with Gasteiger partial charge >= 0.3 is 0 Å². The zero-order chi connectivity index (χ0) is 16.2. The predicted octanol–water partition coefficient (Wildman–Crippen LogP) is 1.36. The highest BCUT2D eigenvalue weighted by Crippen LogP contribution is 2.28. The molecule has 2 aromatic heterocycles. The molecule has 24 heavy (non-hydrogen) atoms. The lowest BCUT2D eigenvalue weighted by Gasteiger charge is -2.11. The van der Waals surface area contributed by atoms with Crippen molar-refractivity contribution < 1.29 is 0 Å². The molecule has 1 fully saturated rings. The van der Waals surface area contributed by atoms with Gasteiger partial charge < -0.3 is 16.0 Å². The minimum atomic E-state index is 0. The summed E-state index contributed by atoms with van der Waals surface area (Å²) in [6, 6.07) is 0.567. The molecular formula is C15H25IN8. The van der Waals surface area contributed by atoms with Gasteiger partial charge in [0.2, 0.25) is 0 Å². The fraction of sp³-hybridized carbons (Fsp3) is 0.600. The molecule has 0 aromatic carbocycles. The maximum absolute atomic E-state index is 4.60. The number of aliphatic imine (C=N–C) groups is 1. The van der Waals surface area contributed by atoms with Gasteiger partial charge in [-0.25, -0.2) is 9.97 Å². The topological polar surface area (TPSA) is 92.1 Å². The van der Waals surface area contributed by atoms with Crippen LogP contribution in [0.15, 0.2) is 17.5 Å². The van der Waals surface area contributed by atoms with Crippen LogP contribution in [0.3, 0.4) is 0 Å². The number of guanidine groups is 1. The Labute approximate surface area is 158 Å². The second-order valence-corrected chi connectivity index (χ2v) is 5.88. The molecule has 9 heteroatoms. The van der Waals surface area contributed by atoms with E-state index in [0.29, 0.717) is 19.1 Å². The summed E-state index contributed by atoms with van der Waals surface area (Å²) in [6.45, 7) is 6.56. The van der Waals surface area contributed by atoms with Crippen molar-refractivity contribution in [1.29, 1.82) is 0 Å². The molecule has 2 aromatic rings. The molecule has 1 saturated carbocycles. The largest absolute Gasteiger partial charge is 0.367 e. The van der Waals surface area contributed by atoms with Crippen molar-refractivity contribution in [3.05, 3.63) is 12.5 Å². The summed E-state index contributed by atoms with van der Waals surface area (Å²) in [5, 5.41) is 15.2. The van der Waals surface area contributed by atoms with Crippen LogP contribution in [0.25, 0.3) is 11.0 Å². The maximum Gasteiger partial charge on any atom is 0.191 e. The summed E-state index contributed by atoms with van der Waals surface area (Å²) in [5.41, 5.74) is 0.823. The zero-order valence-electron chi connectivity index (χ0n) is 14.3. The average molecular weight is 444 g/mol. The number of fused-ring (bicyclic) bond motifs is 1. The fourth-order valence-electron chi connectivity index (χ4n) is 2.46. The summed E-state index contributed by atoms with van der Waals surface area (Å²) >= 11 is 0. The third kappa shape index (κ3) is 4.46. The van der Waals surface area contributed by atoms with E-state index in [2.05, 4.69) is 49.9 Å². The van der Waals surface area contributed by atoms with Crippen molar-refractivity contribution in [2.24, 2.45) is 18.0 Å². The van der Waals surface area contributed by atoms with Crippen molar-refractivity contribution in [1.82, 2.24) is 30.4 Å². The first-order chi connectivity index (χ1) is 11.2. The quantitative estimate of drug-likeness (QED) is 0.270. The average Bonchev–Trinajstić information content (AvgIpc) is 3.10. The van der Waals surface area contributed by atoms with Gasteiger partial charge in [-0.05, 0) is 19.3 Å². The second-order valence-electron chi connectivity index (χ2n) is 5.88. The third-order valence-corrected chi connectivity index (χ3v) is 3.98. The monoisotopic (exact) mass is 444 g/mol. The summed E-state index contributed by atoms with van der Waals surface area (Å²) in [4.78, 5) is 13.1. The number of nitrogens with zero attached hydrogens (tertiary/aromatic N) is 5. The zero-order valence-corrected chi connectivity index (χ0v) is 16.6. The van der Waals surface area contributed by atoms with Crippen LogP contribution in [0.1, 0.15) is 20.3 Å². The molecule has 1 aliphatic carbocycles. The van der Waals surface area contributed by atoms with Crippen LogP contribution in [0.4, 0.5) is 5.82 Å². The highest BCUT2D eigenvalue weighted by molar-refractivity contribution is 14.0. The highest BCUT2D eigenvalue weighted by Gasteiger charge is 2.33. The van der Waals surface area contributed by atoms with Crippen molar-refractivity contribution in [3.63, 3.8) is 0 Å². The Balaban J connectivity index is 0.00000208. The van der Waals surface area contributed by atoms with Crippen LogP contribution in [0.2, 0.25) is 0 Å². The molecule has 0 spiro atoms. The molecule has 0 saturated heterocycles. The maximum atomic E-state index is 4.60. The number of halogens is 1. The van der Waals surface area contributed by atoms with Gasteiger partial charge in [-0.3, -0.25) is 9.67 Å². The molecule has 132 valence electrons. The van der Waals surface area contributed by atoms with E-state index in [1.807, 2.05) is 7.05 Å². The lowest BCUT2D eigenvalue weighted by atomic mass is 10.4. The first-order valence-corrected chi connectivity index (χ1v) is 8.10. The normalized spacial score (nSPS) is 19.7. The van der Waals surface area contributed by atoms with E-state index in [9.17, 15) is 0 Å². The lowest BCUT2D eigenvalue weighted by molar-refractivity contribution is 0.767. The first kappa shape index (κ1) is 18.7. The van der Waals surface area contributed by atoms with Crippen molar-refractivity contribution in [2.45, 2.75) is 26.3 Å². The van der Waals surface area contributed by atoms with Gasteiger partial charge in [0.25, 0.3) is 0 Å². The van der Waals surface area contributed by atoms with E-state index in [1.165, 1.54) is 6.42 Å². The first-order valence-electron chi connectivity index (χ1n) is 8.10. The molecule has 0 aliphatic heterocycles. The predicted molar refractivity (Wildman–Crippen MR) is 107 cm³/mol. The van der Waals surface area contributed by atoms with Crippen LogP contribution in [-0.4, -0.2) is 51.4 Å². The number of hydrogen-bond acceptors (Lipinski definition) is 5. The van der Waals surface area contributed by atoms with E-state index in [-0.39, 0.29) is 24.0 Å². The summed E-state index contributed by atoms with van der Waals surface area (Å²) < 4.78 is 1.74. The van der Waals surface area contributed by atoms with Gasteiger partial charge in [-0.1, -0.05) is 6.92 Å². The second kappa shape index (κ2) is 8.45. The van der Waals surface area contributed by atoms with Gasteiger partial charge in [0.05, 0.1) is 18.1 Å². The van der Waals surface area contributed by atoms with E-state index < -0.39 is 0 Å². The Morgan fingerprint density at radius 1 is 1.42 bits per heavy atom. The van der Waals surface area contributed by atoms with E-state index in [1.54, 1.807) is 17.2 Å². The Morgan fingerprint density at radius 3 is 2.92 bits per heavy atom. The van der Waals surface area contributed by atoms with Crippen LogP contribution >= 0.6 is 24.0 Å². The number of anilines is 1. The molecular weight excluding hydrogens is 419 g/mol. The molecule has 3 rings (SSSR count). The van der Waals surface area contributed by atoms with Crippen molar-refractivity contribution in [3.8, 4) is 0 Å². The van der Waals surface area contributed by atoms with Gasteiger partial charge in [-0.15, -0.1) is 24.0 Å². The molecule has 0 radical (unpaired) electrons. The Hall–Kier alpha value is -1.65. The smallest absolute Gasteiger partial charge is 0.191 e. The molecule has 2 heterocycles. The number of hydrogen-bond donors (Lipinski definition) is 3. The van der Waals surface area contributed by atoms with Crippen LogP contribution in [-0.2, 0) is 7.05 Å². The van der Waals surface area contributed by atoms with E-state index in [0.717, 1.165) is 35.3 Å². The SMILES string of the molecule is CCNC(=NCCNc1ncnc2c1cnn2C)NC1CC1C.I. The molecule has 1 aliphatic rings. The summed E-state index contributed by atoms with van der Waals surface area (Å²) in [7, 11) is 1.87. The standard InChI is InChI=1S/C15H24N8.HI/c1-4-16-15(22-12-7-10(12)2)18-6-5-17-13-11-8-21-23(3)14(11)20-9-19-13;/h8-10,12H,4-7H2,1-3H3,(H2,16,18,22)(H,17,19,20);1H. The summed E-state index contributed by atoms with van der Waals surface area (Å²) in [6.07, 6.45) is 4.55.